The quantitative estimate of drug-likeness (QED) is 0.591. The van der Waals surface area contributed by atoms with Crippen LogP contribution in [0.3, 0.4) is 0 Å². The van der Waals surface area contributed by atoms with Crippen LogP contribution < -0.4 is 10.0 Å². The molecule has 104 valence electrons. The van der Waals surface area contributed by atoms with Crippen LogP contribution in [-0.4, -0.2) is 33.3 Å². The maximum Gasteiger partial charge on any atom is 0.212 e. The summed E-state index contributed by atoms with van der Waals surface area (Å²) in [5, 5.41) is 3.10. The van der Waals surface area contributed by atoms with Crippen molar-refractivity contribution in [2.75, 3.05) is 18.8 Å². The van der Waals surface area contributed by atoms with E-state index in [9.17, 15) is 8.42 Å². The van der Waals surface area contributed by atoms with Gasteiger partial charge in [-0.05, 0) is 12.3 Å². The van der Waals surface area contributed by atoms with E-state index in [1.807, 2.05) is 13.8 Å². The molecule has 0 spiro atoms. The number of unbranched alkanes of at least 4 members (excludes halogenated alkanes) is 1. The van der Waals surface area contributed by atoms with Gasteiger partial charge in [0.2, 0.25) is 10.0 Å². The Hall–Kier alpha value is -0.130. The van der Waals surface area contributed by atoms with Crippen LogP contribution in [0, 0.1) is 5.92 Å². The Morgan fingerprint density at radius 1 is 1.00 bits per heavy atom. The fraction of sp³-hybridized carbons (Fsp3) is 1.00. The molecule has 17 heavy (non-hydrogen) atoms. The molecule has 0 amide bonds. The lowest BCUT2D eigenvalue weighted by Crippen LogP contribution is -2.34. The summed E-state index contributed by atoms with van der Waals surface area (Å²) < 4.78 is 25.8. The summed E-state index contributed by atoms with van der Waals surface area (Å²) in [5.74, 6) is 0.858. The third-order valence-electron chi connectivity index (χ3n) is 2.45. The second-order valence-corrected chi connectivity index (χ2v) is 7.14. The van der Waals surface area contributed by atoms with E-state index in [-0.39, 0.29) is 5.75 Å². The largest absolute Gasteiger partial charge is 0.313 e. The van der Waals surface area contributed by atoms with Crippen LogP contribution in [0.15, 0.2) is 0 Å². The lowest BCUT2D eigenvalue weighted by Gasteiger charge is -2.10. The SMILES string of the molecule is CC(C)CCCCNS(=O)(=O)CCNC(C)C. The number of rotatable bonds is 10. The molecule has 0 radical (unpaired) electrons. The van der Waals surface area contributed by atoms with Gasteiger partial charge in [0.05, 0.1) is 5.75 Å². The lowest BCUT2D eigenvalue weighted by molar-refractivity contribution is 0.529. The average molecular weight is 264 g/mol. The third kappa shape index (κ3) is 12.1. The molecule has 0 aliphatic rings. The first-order chi connectivity index (χ1) is 7.83. The number of hydrogen-bond acceptors (Lipinski definition) is 3. The predicted molar refractivity (Wildman–Crippen MR) is 73.6 cm³/mol. The van der Waals surface area contributed by atoms with E-state index in [1.165, 1.54) is 0 Å². The molecular formula is C12H28N2O2S. The normalized spacial score (nSPS) is 12.6. The maximum atomic E-state index is 11.6. The molecule has 0 unspecified atom stereocenters. The average Bonchev–Trinajstić information content (AvgIpc) is 2.15. The van der Waals surface area contributed by atoms with Gasteiger partial charge in [-0.3, -0.25) is 0 Å². The van der Waals surface area contributed by atoms with E-state index in [0.29, 0.717) is 25.0 Å². The van der Waals surface area contributed by atoms with Crippen LogP contribution in [0.25, 0.3) is 0 Å². The highest BCUT2D eigenvalue weighted by molar-refractivity contribution is 7.89. The van der Waals surface area contributed by atoms with Gasteiger partial charge < -0.3 is 5.32 Å². The van der Waals surface area contributed by atoms with Gasteiger partial charge in [-0.15, -0.1) is 0 Å². The highest BCUT2D eigenvalue weighted by atomic mass is 32.2. The summed E-state index contributed by atoms with van der Waals surface area (Å²) in [6, 6.07) is 0.330. The van der Waals surface area contributed by atoms with Crippen molar-refractivity contribution in [2.24, 2.45) is 5.92 Å². The Morgan fingerprint density at radius 2 is 1.65 bits per heavy atom. The van der Waals surface area contributed by atoms with Crippen LogP contribution in [-0.2, 0) is 10.0 Å². The Bertz CT molecular complexity index is 274. The van der Waals surface area contributed by atoms with Crippen LogP contribution in [0.5, 0.6) is 0 Å². The van der Waals surface area contributed by atoms with Crippen molar-refractivity contribution in [1.82, 2.24) is 10.0 Å². The van der Waals surface area contributed by atoms with Crippen molar-refractivity contribution in [3.8, 4) is 0 Å². The molecule has 0 aromatic rings. The minimum atomic E-state index is -3.09. The molecular weight excluding hydrogens is 236 g/mol. The fourth-order valence-corrected chi connectivity index (χ4v) is 2.45. The van der Waals surface area contributed by atoms with Crippen molar-refractivity contribution in [3.05, 3.63) is 0 Å². The van der Waals surface area contributed by atoms with Gasteiger partial charge in [-0.2, -0.15) is 0 Å². The first-order valence-electron chi connectivity index (χ1n) is 6.54. The topological polar surface area (TPSA) is 58.2 Å². The molecule has 2 N–H and O–H groups in total. The molecule has 0 aliphatic heterocycles. The van der Waals surface area contributed by atoms with Crippen molar-refractivity contribution < 1.29 is 8.42 Å². The molecule has 0 fully saturated rings. The minimum absolute atomic E-state index is 0.162. The van der Waals surface area contributed by atoms with Crippen molar-refractivity contribution in [1.29, 1.82) is 0 Å². The van der Waals surface area contributed by atoms with Crippen LogP contribution in [0.1, 0.15) is 47.0 Å². The van der Waals surface area contributed by atoms with E-state index in [0.717, 1.165) is 19.3 Å². The zero-order chi connectivity index (χ0) is 13.3. The molecule has 0 bridgehead atoms. The monoisotopic (exact) mass is 264 g/mol. The first kappa shape index (κ1) is 16.9. The van der Waals surface area contributed by atoms with Crippen molar-refractivity contribution >= 4 is 10.0 Å². The molecule has 4 nitrogen and oxygen atoms in total. The van der Waals surface area contributed by atoms with Gasteiger partial charge in [0.1, 0.15) is 0 Å². The lowest BCUT2D eigenvalue weighted by atomic mass is 10.1. The molecule has 0 rings (SSSR count). The van der Waals surface area contributed by atoms with Gasteiger partial charge in [-0.25, -0.2) is 13.1 Å². The van der Waals surface area contributed by atoms with E-state index in [4.69, 9.17) is 0 Å². The van der Waals surface area contributed by atoms with E-state index < -0.39 is 10.0 Å². The van der Waals surface area contributed by atoms with Crippen molar-refractivity contribution in [3.63, 3.8) is 0 Å². The van der Waals surface area contributed by atoms with Crippen LogP contribution >= 0.6 is 0 Å². The summed E-state index contributed by atoms with van der Waals surface area (Å²) in [4.78, 5) is 0. The molecule has 0 saturated heterocycles. The highest BCUT2D eigenvalue weighted by Gasteiger charge is 2.08. The molecule has 0 aromatic heterocycles. The molecule has 5 heteroatoms. The molecule has 0 aromatic carbocycles. The second kappa shape index (κ2) is 8.89. The standard InChI is InChI=1S/C12H28N2O2S/c1-11(2)7-5-6-8-14-17(15,16)10-9-13-12(3)4/h11-14H,5-10H2,1-4H3. The summed E-state index contributed by atoms with van der Waals surface area (Å²) in [6.07, 6.45) is 3.18. The summed E-state index contributed by atoms with van der Waals surface area (Å²) >= 11 is 0. The highest BCUT2D eigenvalue weighted by Crippen LogP contribution is 2.05. The third-order valence-corrected chi connectivity index (χ3v) is 3.84. The summed E-state index contributed by atoms with van der Waals surface area (Å²) in [6.45, 7) is 9.46. The molecule has 0 heterocycles. The minimum Gasteiger partial charge on any atom is -0.313 e. The Kier molecular flexibility index (Phi) is 8.82. The summed E-state index contributed by atoms with van der Waals surface area (Å²) in [5.41, 5.74) is 0. The van der Waals surface area contributed by atoms with E-state index >= 15 is 0 Å². The number of hydrogen-bond donors (Lipinski definition) is 2. The van der Waals surface area contributed by atoms with E-state index in [2.05, 4.69) is 23.9 Å². The smallest absolute Gasteiger partial charge is 0.212 e. The Morgan fingerprint density at radius 3 is 2.18 bits per heavy atom. The van der Waals surface area contributed by atoms with Gasteiger partial charge in [0.25, 0.3) is 0 Å². The first-order valence-corrected chi connectivity index (χ1v) is 8.19. The number of sulfonamides is 1. The fourth-order valence-electron chi connectivity index (χ4n) is 1.46. The zero-order valence-corrected chi connectivity index (χ0v) is 12.4. The summed E-state index contributed by atoms with van der Waals surface area (Å²) in [7, 11) is -3.09. The molecule has 0 atom stereocenters. The molecule has 0 aliphatic carbocycles. The van der Waals surface area contributed by atoms with Gasteiger partial charge in [-0.1, -0.05) is 40.5 Å². The molecule has 0 saturated carbocycles. The van der Waals surface area contributed by atoms with Crippen LogP contribution in [0.2, 0.25) is 0 Å². The van der Waals surface area contributed by atoms with Crippen LogP contribution in [0.4, 0.5) is 0 Å². The Labute approximate surface area is 107 Å². The zero-order valence-electron chi connectivity index (χ0n) is 11.6. The second-order valence-electron chi connectivity index (χ2n) is 5.21. The predicted octanol–water partition coefficient (Wildman–Crippen LogP) is 1.73. The Balaban J connectivity index is 3.57. The van der Waals surface area contributed by atoms with Gasteiger partial charge in [0, 0.05) is 19.1 Å². The van der Waals surface area contributed by atoms with Gasteiger partial charge in [0.15, 0.2) is 0 Å². The van der Waals surface area contributed by atoms with E-state index in [1.54, 1.807) is 0 Å². The van der Waals surface area contributed by atoms with Gasteiger partial charge >= 0.3 is 0 Å². The number of nitrogens with one attached hydrogen (secondary N) is 2. The van der Waals surface area contributed by atoms with Crippen molar-refractivity contribution in [2.45, 2.75) is 53.0 Å². The maximum absolute atomic E-state index is 11.6.